The van der Waals surface area contributed by atoms with E-state index in [2.05, 4.69) is 0 Å². The molecule has 2 aromatic rings. The van der Waals surface area contributed by atoms with E-state index in [1.165, 1.54) is 6.26 Å². The van der Waals surface area contributed by atoms with E-state index in [0.717, 1.165) is 0 Å². The number of para-hydroxylation sites is 2. The molecular weight excluding hydrogens is 380 g/mol. The Kier molecular flexibility index (Phi) is 5.37. The number of hydrogen-bond acceptors (Lipinski definition) is 7. The molecule has 3 heterocycles. The first-order valence-corrected chi connectivity index (χ1v) is 9.27. The van der Waals surface area contributed by atoms with Gasteiger partial charge in [-0.25, -0.2) is 4.79 Å². The summed E-state index contributed by atoms with van der Waals surface area (Å²) in [6.07, 6.45) is 0.529. The quantitative estimate of drug-likeness (QED) is 0.705. The molecule has 4 rings (SSSR count). The standard InChI is InChI=1S/C20H20N2O7/c23-18(21-7-9-22(10-8-21)19(24)16-6-3-11-26-16)13-28-20(25)17-12-27-14-4-1-2-5-15(14)29-17/h1-6,11,17H,7-10,12-13H2. The minimum absolute atomic E-state index is 0.0254. The highest BCUT2D eigenvalue weighted by molar-refractivity contribution is 5.91. The number of rotatable bonds is 4. The maximum absolute atomic E-state index is 12.3. The highest BCUT2D eigenvalue weighted by Crippen LogP contribution is 2.31. The van der Waals surface area contributed by atoms with Gasteiger partial charge in [0.1, 0.15) is 6.61 Å². The van der Waals surface area contributed by atoms with Gasteiger partial charge in [-0.15, -0.1) is 0 Å². The molecule has 1 fully saturated rings. The molecular formula is C20H20N2O7. The zero-order chi connectivity index (χ0) is 20.2. The molecule has 0 radical (unpaired) electrons. The van der Waals surface area contributed by atoms with E-state index in [-0.39, 0.29) is 30.8 Å². The average Bonchev–Trinajstić information content (AvgIpc) is 3.31. The molecule has 29 heavy (non-hydrogen) atoms. The predicted octanol–water partition coefficient (Wildman–Crippen LogP) is 0.947. The second-order valence-corrected chi connectivity index (χ2v) is 6.62. The lowest BCUT2D eigenvalue weighted by atomic mass is 10.2. The van der Waals surface area contributed by atoms with Crippen molar-refractivity contribution in [3.8, 4) is 11.5 Å². The lowest BCUT2D eigenvalue weighted by molar-refractivity contribution is -0.160. The second-order valence-electron chi connectivity index (χ2n) is 6.62. The first-order valence-electron chi connectivity index (χ1n) is 9.27. The molecule has 0 spiro atoms. The van der Waals surface area contributed by atoms with Crippen molar-refractivity contribution in [2.45, 2.75) is 6.10 Å². The van der Waals surface area contributed by atoms with Crippen LogP contribution in [-0.4, -0.2) is 73.1 Å². The van der Waals surface area contributed by atoms with Crippen LogP contribution in [0.1, 0.15) is 10.6 Å². The molecule has 2 amide bonds. The van der Waals surface area contributed by atoms with Crippen LogP contribution in [0.4, 0.5) is 0 Å². The number of carbonyl (C=O) groups is 3. The number of piperazine rings is 1. The molecule has 152 valence electrons. The Morgan fingerprint density at radius 1 is 0.966 bits per heavy atom. The zero-order valence-corrected chi connectivity index (χ0v) is 15.6. The van der Waals surface area contributed by atoms with E-state index >= 15 is 0 Å². The van der Waals surface area contributed by atoms with Crippen molar-refractivity contribution in [2.24, 2.45) is 0 Å². The Morgan fingerprint density at radius 2 is 1.69 bits per heavy atom. The fourth-order valence-electron chi connectivity index (χ4n) is 3.17. The Morgan fingerprint density at radius 3 is 2.41 bits per heavy atom. The Hall–Kier alpha value is -3.49. The minimum Gasteiger partial charge on any atom is -0.485 e. The fourth-order valence-corrected chi connectivity index (χ4v) is 3.17. The SMILES string of the molecule is O=C(OCC(=O)N1CCN(C(=O)c2ccco2)CC1)C1COc2ccccc2O1. The van der Waals surface area contributed by atoms with Gasteiger partial charge in [0.25, 0.3) is 11.8 Å². The molecule has 2 aliphatic rings. The molecule has 9 nitrogen and oxygen atoms in total. The summed E-state index contributed by atoms with van der Waals surface area (Å²) < 4.78 is 21.3. The summed E-state index contributed by atoms with van der Waals surface area (Å²) in [6.45, 7) is 1.13. The van der Waals surface area contributed by atoms with Crippen LogP contribution < -0.4 is 9.47 Å². The fraction of sp³-hybridized carbons (Fsp3) is 0.350. The number of nitrogens with zero attached hydrogens (tertiary/aromatic N) is 2. The number of amides is 2. The van der Waals surface area contributed by atoms with E-state index in [1.807, 2.05) is 0 Å². The highest BCUT2D eigenvalue weighted by Gasteiger charge is 2.30. The van der Waals surface area contributed by atoms with Gasteiger partial charge in [0.05, 0.1) is 6.26 Å². The number of esters is 1. The van der Waals surface area contributed by atoms with Gasteiger partial charge in [0.2, 0.25) is 6.10 Å². The van der Waals surface area contributed by atoms with Gasteiger partial charge in [-0.2, -0.15) is 0 Å². The predicted molar refractivity (Wildman–Crippen MR) is 98.5 cm³/mol. The van der Waals surface area contributed by atoms with E-state index in [4.69, 9.17) is 18.6 Å². The second kappa shape index (κ2) is 8.26. The van der Waals surface area contributed by atoms with Crippen LogP contribution in [0.25, 0.3) is 0 Å². The molecule has 2 aliphatic heterocycles. The van der Waals surface area contributed by atoms with Crippen molar-refractivity contribution < 1.29 is 33.0 Å². The monoisotopic (exact) mass is 400 g/mol. The first kappa shape index (κ1) is 18.9. The van der Waals surface area contributed by atoms with Crippen molar-refractivity contribution in [3.05, 3.63) is 48.4 Å². The van der Waals surface area contributed by atoms with Crippen LogP contribution in [0.3, 0.4) is 0 Å². The summed E-state index contributed by atoms with van der Waals surface area (Å²) in [5.41, 5.74) is 0. The van der Waals surface area contributed by atoms with Crippen molar-refractivity contribution in [1.29, 1.82) is 0 Å². The van der Waals surface area contributed by atoms with E-state index in [1.54, 1.807) is 46.2 Å². The molecule has 1 unspecified atom stereocenters. The summed E-state index contributed by atoms with van der Waals surface area (Å²) in [5, 5.41) is 0. The molecule has 1 atom stereocenters. The minimum atomic E-state index is -0.916. The normalized spacial score (nSPS) is 18.3. The third kappa shape index (κ3) is 4.18. The van der Waals surface area contributed by atoms with Crippen LogP contribution in [-0.2, 0) is 14.3 Å². The number of hydrogen-bond donors (Lipinski definition) is 0. The molecule has 1 aromatic carbocycles. The summed E-state index contributed by atoms with van der Waals surface area (Å²) in [4.78, 5) is 40.0. The maximum Gasteiger partial charge on any atom is 0.351 e. The van der Waals surface area contributed by atoms with Gasteiger partial charge in [-0.3, -0.25) is 9.59 Å². The maximum atomic E-state index is 12.3. The number of benzene rings is 1. The molecule has 0 saturated carbocycles. The van der Waals surface area contributed by atoms with E-state index < -0.39 is 12.1 Å². The Balaban J connectivity index is 1.22. The Labute approximate surface area is 166 Å². The van der Waals surface area contributed by atoms with E-state index in [0.29, 0.717) is 37.7 Å². The van der Waals surface area contributed by atoms with Crippen LogP contribution in [0.5, 0.6) is 11.5 Å². The summed E-state index contributed by atoms with van der Waals surface area (Å²) in [5.74, 6) is 0.122. The van der Waals surface area contributed by atoms with Crippen molar-refractivity contribution in [1.82, 2.24) is 9.80 Å². The van der Waals surface area contributed by atoms with Crippen molar-refractivity contribution in [2.75, 3.05) is 39.4 Å². The zero-order valence-electron chi connectivity index (χ0n) is 15.6. The van der Waals surface area contributed by atoms with Crippen LogP contribution in [0.2, 0.25) is 0 Å². The summed E-state index contributed by atoms with van der Waals surface area (Å²) in [6, 6.07) is 10.3. The molecule has 9 heteroatoms. The van der Waals surface area contributed by atoms with E-state index in [9.17, 15) is 14.4 Å². The number of furan rings is 1. The summed E-state index contributed by atoms with van der Waals surface area (Å²) in [7, 11) is 0. The molecule has 0 N–H and O–H groups in total. The largest absolute Gasteiger partial charge is 0.485 e. The van der Waals surface area contributed by atoms with Crippen molar-refractivity contribution >= 4 is 17.8 Å². The number of fused-ring (bicyclic) bond motifs is 1. The number of carbonyl (C=O) groups excluding carboxylic acids is 3. The third-order valence-corrected chi connectivity index (χ3v) is 4.76. The smallest absolute Gasteiger partial charge is 0.351 e. The lowest BCUT2D eigenvalue weighted by Gasteiger charge is -2.34. The summed E-state index contributed by atoms with van der Waals surface area (Å²) >= 11 is 0. The van der Waals surface area contributed by atoms with Gasteiger partial charge < -0.3 is 28.4 Å². The molecule has 1 saturated heterocycles. The lowest BCUT2D eigenvalue weighted by Crippen LogP contribution is -2.51. The van der Waals surface area contributed by atoms with Crippen molar-refractivity contribution in [3.63, 3.8) is 0 Å². The Bertz CT molecular complexity index is 888. The average molecular weight is 400 g/mol. The third-order valence-electron chi connectivity index (χ3n) is 4.76. The molecule has 0 bridgehead atoms. The van der Waals surface area contributed by atoms with Gasteiger partial charge >= 0.3 is 5.97 Å². The topological polar surface area (TPSA) is 98.5 Å². The van der Waals surface area contributed by atoms with Gasteiger partial charge in [-0.05, 0) is 24.3 Å². The molecule has 1 aromatic heterocycles. The molecule has 0 aliphatic carbocycles. The number of ether oxygens (including phenoxy) is 3. The highest BCUT2D eigenvalue weighted by atomic mass is 16.6. The van der Waals surface area contributed by atoms with Gasteiger partial charge in [0, 0.05) is 26.2 Å². The van der Waals surface area contributed by atoms with Gasteiger partial charge in [-0.1, -0.05) is 12.1 Å². The van der Waals surface area contributed by atoms with Crippen LogP contribution in [0.15, 0.2) is 47.1 Å². The van der Waals surface area contributed by atoms with Gasteiger partial charge in [0.15, 0.2) is 23.9 Å². The first-order chi connectivity index (χ1) is 14.1. The van der Waals surface area contributed by atoms with Crippen LogP contribution >= 0.6 is 0 Å². The van der Waals surface area contributed by atoms with Crippen LogP contribution in [0, 0.1) is 0 Å².